The van der Waals surface area contributed by atoms with Gasteiger partial charge in [-0.05, 0) is 12.1 Å². The van der Waals surface area contributed by atoms with E-state index in [0.29, 0.717) is 5.95 Å². The van der Waals surface area contributed by atoms with E-state index in [0.717, 1.165) is 16.7 Å². The molecule has 17 heavy (non-hydrogen) atoms. The molecule has 0 aliphatic heterocycles. The molecule has 0 spiro atoms. The van der Waals surface area contributed by atoms with Crippen LogP contribution in [0.4, 0.5) is 5.95 Å². The maximum absolute atomic E-state index is 5.61. The van der Waals surface area contributed by atoms with E-state index in [9.17, 15) is 0 Å². The molecular formula is C11H14N4S2. The van der Waals surface area contributed by atoms with Crippen LogP contribution in [0.3, 0.4) is 0 Å². The smallest absolute Gasteiger partial charge is 0.222 e. The Labute approximate surface area is 109 Å². The highest BCUT2D eigenvalue weighted by molar-refractivity contribution is 8.02. The molecule has 0 aliphatic rings. The number of hydrogen-bond acceptors (Lipinski definition) is 5. The lowest BCUT2D eigenvalue weighted by molar-refractivity contribution is 0.796. The average Bonchev–Trinajstić information content (AvgIpc) is 2.67. The Kier molecular flexibility index (Phi) is 4.33. The second-order valence-corrected chi connectivity index (χ2v) is 5.64. The Balaban J connectivity index is 1.75. The molecular weight excluding hydrogens is 252 g/mol. The van der Waals surface area contributed by atoms with Gasteiger partial charge in [-0.1, -0.05) is 30.0 Å². The quantitative estimate of drug-likeness (QED) is 0.664. The SMILES string of the molecule is Cn1c(N)nnc1SCCSc1ccccc1. The van der Waals surface area contributed by atoms with Crippen molar-refractivity contribution >= 4 is 29.5 Å². The van der Waals surface area contributed by atoms with Crippen molar-refractivity contribution in [2.45, 2.75) is 10.1 Å². The van der Waals surface area contributed by atoms with E-state index in [1.54, 1.807) is 16.3 Å². The molecule has 0 fully saturated rings. The van der Waals surface area contributed by atoms with Gasteiger partial charge in [-0.3, -0.25) is 4.57 Å². The van der Waals surface area contributed by atoms with Crippen molar-refractivity contribution in [1.82, 2.24) is 14.8 Å². The van der Waals surface area contributed by atoms with Crippen molar-refractivity contribution < 1.29 is 0 Å². The molecule has 0 atom stereocenters. The second kappa shape index (κ2) is 5.97. The minimum atomic E-state index is 0.461. The molecule has 0 radical (unpaired) electrons. The first kappa shape index (κ1) is 12.3. The first-order valence-corrected chi connectivity index (χ1v) is 7.20. The molecule has 2 aromatic rings. The predicted molar refractivity (Wildman–Crippen MR) is 73.3 cm³/mol. The minimum absolute atomic E-state index is 0.461. The van der Waals surface area contributed by atoms with Gasteiger partial charge in [0.1, 0.15) is 0 Å². The molecule has 2 rings (SSSR count). The Bertz CT molecular complexity index is 470. The number of anilines is 1. The van der Waals surface area contributed by atoms with Gasteiger partial charge >= 0.3 is 0 Å². The summed E-state index contributed by atoms with van der Waals surface area (Å²) < 4.78 is 1.80. The van der Waals surface area contributed by atoms with E-state index in [1.807, 2.05) is 24.9 Å². The number of rotatable bonds is 5. The molecule has 6 heteroatoms. The van der Waals surface area contributed by atoms with Crippen LogP contribution in [0.25, 0.3) is 0 Å². The van der Waals surface area contributed by atoms with E-state index >= 15 is 0 Å². The lowest BCUT2D eigenvalue weighted by atomic mass is 10.4. The molecule has 0 saturated heterocycles. The summed E-state index contributed by atoms with van der Waals surface area (Å²) in [6, 6.07) is 10.4. The number of nitrogens with two attached hydrogens (primary N) is 1. The van der Waals surface area contributed by atoms with Gasteiger partial charge in [0.25, 0.3) is 0 Å². The number of nitrogen functional groups attached to an aromatic ring is 1. The van der Waals surface area contributed by atoms with Crippen molar-refractivity contribution in [2.75, 3.05) is 17.2 Å². The van der Waals surface area contributed by atoms with E-state index in [4.69, 9.17) is 5.73 Å². The van der Waals surface area contributed by atoms with Gasteiger partial charge < -0.3 is 5.73 Å². The van der Waals surface area contributed by atoms with Gasteiger partial charge in [-0.15, -0.1) is 22.0 Å². The summed E-state index contributed by atoms with van der Waals surface area (Å²) in [7, 11) is 1.88. The Hall–Kier alpha value is -1.14. The van der Waals surface area contributed by atoms with Crippen molar-refractivity contribution in [3.8, 4) is 0 Å². The predicted octanol–water partition coefficient (Wildman–Crippen LogP) is 2.28. The molecule has 90 valence electrons. The summed E-state index contributed by atoms with van der Waals surface area (Å²) >= 11 is 3.52. The summed E-state index contributed by atoms with van der Waals surface area (Å²) in [5, 5.41) is 8.69. The number of aromatic nitrogens is 3. The number of benzene rings is 1. The average molecular weight is 266 g/mol. The van der Waals surface area contributed by atoms with Gasteiger partial charge in [0.15, 0.2) is 5.16 Å². The number of thioether (sulfide) groups is 2. The Morgan fingerprint density at radius 2 is 1.82 bits per heavy atom. The third-order valence-corrected chi connectivity index (χ3v) is 4.49. The molecule has 0 saturated carbocycles. The van der Waals surface area contributed by atoms with Crippen LogP contribution in [0.15, 0.2) is 40.4 Å². The lowest BCUT2D eigenvalue weighted by Crippen LogP contribution is -1.98. The van der Waals surface area contributed by atoms with Crippen molar-refractivity contribution in [3.05, 3.63) is 30.3 Å². The molecule has 4 nitrogen and oxygen atoms in total. The largest absolute Gasteiger partial charge is 0.368 e. The fourth-order valence-electron chi connectivity index (χ4n) is 1.26. The van der Waals surface area contributed by atoms with E-state index in [1.165, 1.54) is 4.90 Å². The normalized spacial score (nSPS) is 10.6. The molecule has 0 aliphatic carbocycles. The Morgan fingerprint density at radius 1 is 1.12 bits per heavy atom. The second-order valence-electron chi connectivity index (χ2n) is 3.41. The van der Waals surface area contributed by atoms with Crippen LogP contribution in [0.5, 0.6) is 0 Å². The van der Waals surface area contributed by atoms with Crippen LogP contribution in [-0.4, -0.2) is 26.3 Å². The molecule has 2 N–H and O–H groups in total. The molecule has 1 aromatic carbocycles. The van der Waals surface area contributed by atoms with Gasteiger partial charge in [0.05, 0.1) is 0 Å². The van der Waals surface area contributed by atoms with Gasteiger partial charge in [0, 0.05) is 23.4 Å². The summed E-state index contributed by atoms with van der Waals surface area (Å²) in [6.45, 7) is 0. The van der Waals surface area contributed by atoms with Crippen LogP contribution < -0.4 is 5.73 Å². The van der Waals surface area contributed by atoms with Crippen LogP contribution in [0, 0.1) is 0 Å². The number of hydrogen-bond donors (Lipinski definition) is 1. The summed E-state index contributed by atoms with van der Waals surface area (Å²) in [5.74, 6) is 2.50. The molecule has 1 heterocycles. The summed E-state index contributed by atoms with van der Waals surface area (Å²) in [4.78, 5) is 1.30. The van der Waals surface area contributed by atoms with E-state index in [-0.39, 0.29) is 0 Å². The third kappa shape index (κ3) is 3.41. The topological polar surface area (TPSA) is 56.7 Å². The molecule has 1 aromatic heterocycles. The monoisotopic (exact) mass is 266 g/mol. The maximum Gasteiger partial charge on any atom is 0.222 e. The van der Waals surface area contributed by atoms with Crippen molar-refractivity contribution in [3.63, 3.8) is 0 Å². The van der Waals surface area contributed by atoms with Crippen LogP contribution >= 0.6 is 23.5 Å². The number of nitrogens with zero attached hydrogens (tertiary/aromatic N) is 3. The van der Waals surface area contributed by atoms with Crippen LogP contribution in [0.1, 0.15) is 0 Å². The van der Waals surface area contributed by atoms with Crippen molar-refractivity contribution in [2.24, 2.45) is 7.05 Å². The van der Waals surface area contributed by atoms with E-state index < -0.39 is 0 Å². The first-order valence-electron chi connectivity index (χ1n) is 5.23. The highest BCUT2D eigenvalue weighted by Gasteiger charge is 2.05. The zero-order chi connectivity index (χ0) is 12.1. The van der Waals surface area contributed by atoms with Gasteiger partial charge in [0.2, 0.25) is 5.95 Å². The fraction of sp³-hybridized carbons (Fsp3) is 0.273. The minimum Gasteiger partial charge on any atom is -0.368 e. The third-order valence-electron chi connectivity index (χ3n) is 2.20. The summed E-state index contributed by atoms with van der Waals surface area (Å²) in [5.41, 5.74) is 5.61. The zero-order valence-corrected chi connectivity index (χ0v) is 11.2. The fourth-order valence-corrected chi connectivity index (χ4v) is 3.08. The van der Waals surface area contributed by atoms with Gasteiger partial charge in [-0.25, -0.2) is 0 Å². The van der Waals surface area contributed by atoms with E-state index in [2.05, 4.69) is 34.5 Å². The molecule has 0 unspecified atom stereocenters. The molecule has 0 bridgehead atoms. The standard InChI is InChI=1S/C11H14N4S2/c1-15-10(12)13-14-11(15)17-8-7-16-9-5-3-2-4-6-9/h2-6H,7-8H2,1H3,(H2,12,13). The maximum atomic E-state index is 5.61. The lowest BCUT2D eigenvalue weighted by Gasteiger charge is -2.01. The Morgan fingerprint density at radius 3 is 2.47 bits per heavy atom. The highest BCUT2D eigenvalue weighted by Crippen LogP contribution is 2.21. The van der Waals surface area contributed by atoms with Crippen molar-refractivity contribution in [1.29, 1.82) is 0 Å². The zero-order valence-electron chi connectivity index (χ0n) is 9.54. The van der Waals surface area contributed by atoms with Crippen LogP contribution in [-0.2, 0) is 7.05 Å². The molecule has 0 amide bonds. The highest BCUT2D eigenvalue weighted by atomic mass is 32.2. The summed E-state index contributed by atoms with van der Waals surface area (Å²) in [6.07, 6.45) is 0. The van der Waals surface area contributed by atoms with Crippen LogP contribution in [0.2, 0.25) is 0 Å². The first-order chi connectivity index (χ1) is 8.27. The van der Waals surface area contributed by atoms with Gasteiger partial charge in [-0.2, -0.15) is 0 Å².